The summed E-state index contributed by atoms with van der Waals surface area (Å²) >= 11 is 5.99. The van der Waals surface area contributed by atoms with Gasteiger partial charge >= 0.3 is 0 Å². The molecule has 2 aromatic carbocycles. The quantitative estimate of drug-likeness (QED) is 0.532. The second-order valence-corrected chi connectivity index (χ2v) is 12.1. The lowest BCUT2D eigenvalue weighted by Gasteiger charge is -2.47. The van der Waals surface area contributed by atoms with Crippen molar-refractivity contribution < 1.29 is 9.84 Å². The number of benzene rings is 2. The SMILES string of the molecule is CC(C)(C)C(O)(COc1ccc(Cl)cc1)CN1CCN([C@H]2CC[C@](C#N)(c3ccccc3)CC2)CC1. The molecule has 1 unspecified atom stereocenters. The Bertz CT molecular complexity index is 1010. The maximum Gasteiger partial charge on any atom is 0.119 e. The first-order valence-corrected chi connectivity index (χ1v) is 13.6. The van der Waals surface area contributed by atoms with Crippen molar-refractivity contribution >= 4 is 11.6 Å². The summed E-state index contributed by atoms with van der Waals surface area (Å²) in [4.78, 5) is 4.97. The van der Waals surface area contributed by atoms with Crippen molar-refractivity contribution in [3.63, 3.8) is 0 Å². The van der Waals surface area contributed by atoms with Gasteiger partial charge in [0, 0.05) is 43.8 Å². The predicted octanol–water partition coefficient (Wildman–Crippen LogP) is 5.52. The van der Waals surface area contributed by atoms with E-state index in [1.54, 1.807) is 12.1 Å². The number of ether oxygens (including phenoxy) is 1. The van der Waals surface area contributed by atoms with Crippen molar-refractivity contribution in [2.45, 2.75) is 63.5 Å². The molecular formula is C30H40ClN3O2. The summed E-state index contributed by atoms with van der Waals surface area (Å²) in [5.41, 5.74) is -0.495. The van der Waals surface area contributed by atoms with Crippen LogP contribution >= 0.6 is 11.6 Å². The summed E-state index contributed by atoms with van der Waals surface area (Å²) in [6, 6.07) is 20.8. The number of halogens is 1. The van der Waals surface area contributed by atoms with Gasteiger partial charge in [-0.15, -0.1) is 0 Å². The van der Waals surface area contributed by atoms with Crippen molar-refractivity contribution in [1.82, 2.24) is 9.80 Å². The van der Waals surface area contributed by atoms with E-state index >= 15 is 0 Å². The van der Waals surface area contributed by atoms with E-state index in [2.05, 4.69) is 48.8 Å². The Morgan fingerprint density at radius 2 is 1.61 bits per heavy atom. The number of hydrogen-bond acceptors (Lipinski definition) is 5. The van der Waals surface area contributed by atoms with Crippen LogP contribution in [-0.2, 0) is 5.41 Å². The molecule has 1 heterocycles. The summed E-state index contributed by atoms with van der Waals surface area (Å²) in [6.45, 7) is 10.9. The summed E-state index contributed by atoms with van der Waals surface area (Å²) in [5, 5.41) is 22.4. The summed E-state index contributed by atoms with van der Waals surface area (Å²) < 4.78 is 6.01. The monoisotopic (exact) mass is 509 g/mol. The van der Waals surface area contributed by atoms with E-state index < -0.39 is 5.60 Å². The molecule has 1 aliphatic carbocycles. The Morgan fingerprint density at radius 3 is 2.17 bits per heavy atom. The van der Waals surface area contributed by atoms with Gasteiger partial charge in [0.2, 0.25) is 0 Å². The molecule has 6 heteroatoms. The van der Waals surface area contributed by atoms with Crippen LogP contribution in [0.15, 0.2) is 54.6 Å². The van der Waals surface area contributed by atoms with Gasteiger partial charge in [0.05, 0.1) is 11.5 Å². The largest absolute Gasteiger partial charge is 0.491 e. The van der Waals surface area contributed by atoms with Gasteiger partial charge in [-0.05, 0) is 60.9 Å². The number of rotatable bonds is 7. The average Bonchev–Trinajstić information content (AvgIpc) is 2.89. The number of β-amino-alcohol motifs (C(OH)–C–C–N with tert-alkyl or cyclic N) is 1. The fraction of sp³-hybridized carbons (Fsp3) is 0.567. The van der Waals surface area contributed by atoms with E-state index in [0.29, 0.717) is 23.4 Å². The van der Waals surface area contributed by atoms with Gasteiger partial charge < -0.3 is 9.84 Å². The molecule has 1 N–H and O–H groups in total. The lowest BCUT2D eigenvalue weighted by atomic mass is 9.69. The van der Waals surface area contributed by atoms with Gasteiger partial charge in [0.1, 0.15) is 18.0 Å². The zero-order chi connectivity index (χ0) is 25.8. The highest BCUT2D eigenvalue weighted by Crippen LogP contribution is 2.40. The predicted molar refractivity (Wildman–Crippen MR) is 145 cm³/mol. The van der Waals surface area contributed by atoms with E-state index in [0.717, 1.165) is 57.4 Å². The van der Waals surface area contributed by atoms with Crippen LogP contribution < -0.4 is 4.74 Å². The number of aliphatic hydroxyl groups is 1. The van der Waals surface area contributed by atoms with Crippen molar-refractivity contribution in [2.24, 2.45) is 5.41 Å². The van der Waals surface area contributed by atoms with Crippen LogP contribution in [-0.4, -0.2) is 65.9 Å². The summed E-state index contributed by atoms with van der Waals surface area (Å²) in [7, 11) is 0. The second-order valence-electron chi connectivity index (χ2n) is 11.6. The average molecular weight is 510 g/mol. The van der Waals surface area contributed by atoms with Gasteiger partial charge in [-0.25, -0.2) is 0 Å². The van der Waals surface area contributed by atoms with Gasteiger partial charge in [-0.3, -0.25) is 9.80 Å². The molecule has 194 valence electrons. The molecule has 1 saturated carbocycles. The highest BCUT2D eigenvalue weighted by atomic mass is 35.5. The minimum absolute atomic E-state index is 0.233. The van der Waals surface area contributed by atoms with Crippen molar-refractivity contribution in [3.8, 4) is 11.8 Å². The van der Waals surface area contributed by atoms with Crippen LogP contribution in [0.4, 0.5) is 0 Å². The first kappa shape index (κ1) is 26.9. The molecule has 0 bridgehead atoms. The maximum absolute atomic E-state index is 11.7. The van der Waals surface area contributed by atoms with Crippen LogP contribution in [0.25, 0.3) is 0 Å². The van der Waals surface area contributed by atoms with Gasteiger partial charge in [0.15, 0.2) is 0 Å². The Morgan fingerprint density at radius 1 is 1.00 bits per heavy atom. The second kappa shape index (κ2) is 11.1. The topological polar surface area (TPSA) is 59.7 Å². The van der Waals surface area contributed by atoms with E-state index in [4.69, 9.17) is 16.3 Å². The van der Waals surface area contributed by atoms with Crippen molar-refractivity contribution in [1.29, 1.82) is 5.26 Å². The Hall–Kier alpha value is -2.10. The van der Waals surface area contributed by atoms with Crippen LogP contribution in [0.5, 0.6) is 5.75 Å². The fourth-order valence-corrected chi connectivity index (χ4v) is 5.70. The molecule has 0 aromatic heterocycles. The van der Waals surface area contributed by atoms with Crippen LogP contribution in [0, 0.1) is 16.7 Å². The fourth-order valence-electron chi connectivity index (χ4n) is 5.57. The van der Waals surface area contributed by atoms with Gasteiger partial charge in [0.25, 0.3) is 0 Å². The van der Waals surface area contributed by atoms with Gasteiger partial charge in [-0.1, -0.05) is 62.7 Å². The number of hydrogen-bond donors (Lipinski definition) is 1. The number of nitrogens with zero attached hydrogens (tertiary/aromatic N) is 3. The highest BCUT2D eigenvalue weighted by Gasteiger charge is 2.44. The standard InChI is InChI=1S/C30H40ClN3O2/c1-28(2,3)30(35,23-36-27-11-9-25(31)10-12-27)22-33-17-19-34(20-18-33)26-13-15-29(21-32,16-14-26)24-7-5-4-6-8-24/h4-12,26,35H,13-20,22-23H2,1-3H3/t26-,29-,30?. The number of nitriles is 1. The molecule has 1 aliphatic heterocycles. The Kier molecular flexibility index (Phi) is 8.32. The minimum Gasteiger partial charge on any atom is -0.491 e. The molecule has 2 aromatic rings. The molecular weight excluding hydrogens is 470 g/mol. The Balaban J connectivity index is 1.30. The zero-order valence-corrected chi connectivity index (χ0v) is 22.7. The van der Waals surface area contributed by atoms with E-state index in [1.165, 1.54) is 0 Å². The molecule has 5 nitrogen and oxygen atoms in total. The van der Waals surface area contributed by atoms with Crippen LogP contribution in [0.3, 0.4) is 0 Å². The smallest absolute Gasteiger partial charge is 0.119 e. The summed E-state index contributed by atoms with van der Waals surface area (Å²) in [6.07, 6.45) is 3.96. The van der Waals surface area contributed by atoms with Crippen LogP contribution in [0.1, 0.15) is 52.0 Å². The normalized spacial score (nSPS) is 25.6. The molecule has 1 atom stereocenters. The van der Waals surface area contributed by atoms with Crippen LogP contribution in [0.2, 0.25) is 5.02 Å². The third kappa shape index (κ3) is 6.06. The third-order valence-corrected chi connectivity index (χ3v) is 8.70. The lowest BCUT2D eigenvalue weighted by Crippen LogP contribution is -2.59. The third-order valence-electron chi connectivity index (χ3n) is 8.44. The van der Waals surface area contributed by atoms with E-state index in [1.807, 2.05) is 30.3 Å². The van der Waals surface area contributed by atoms with E-state index in [-0.39, 0.29) is 17.4 Å². The van der Waals surface area contributed by atoms with E-state index in [9.17, 15) is 10.4 Å². The van der Waals surface area contributed by atoms with Gasteiger partial charge in [-0.2, -0.15) is 5.26 Å². The number of piperazine rings is 1. The lowest BCUT2D eigenvalue weighted by molar-refractivity contribution is -0.111. The molecule has 4 rings (SSSR count). The Labute approximate surface area is 221 Å². The first-order valence-electron chi connectivity index (χ1n) is 13.2. The van der Waals surface area contributed by atoms with Crippen molar-refractivity contribution in [3.05, 3.63) is 65.2 Å². The molecule has 0 amide bonds. The molecule has 2 aliphatic rings. The first-order chi connectivity index (χ1) is 17.1. The van der Waals surface area contributed by atoms with Crippen molar-refractivity contribution in [2.75, 3.05) is 39.3 Å². The molecule has 1 saturated heterocycles. The molecule has 2 fully saturated rings. The minimum atomic E-state index is -0.984. The molecule has 0 spiro atoms. The maximum atomic E-state index is 11.7. The summed E-state index contributed by atoms with van der Waals surface area (Å²) in [5.74, 6) is 0.716. The molecule has 0 radical (unpaired) electrons. The molecule has 36 heavy (non-hydrogen) atoms. The zero-order valence-electron chi connectivity index (χ0n) is 21.9. The highest BCUT2D eigenvalue weighted by molar-refractivity contribution is 6.30.